The van der Waals surface area contributed by atoms with Gasteiger partial charge in [-0.2, -0.15) is 0 Å². The van der Waals surface area contributed by atoms with Crippen LogP contribution >= 0.6 is 22.6 Å². The molecule has 0 aromatic heterocycles. The zero-order valence-electron chi connectivity index (χ0n) is 25.6. The molecule has 240 valence electrons. The number of rotatable bonds is 12. The van der Waals surface area contributed by atoms with E-state index < -0.39 is 30.0 Å². The largest absolute Gasteiger partial charge is 0.482 e. The Labute approximate surface area is 273 Å². The van der Waals surface area contributed by atoms with Crippen molar-refractivity contribution in [2.45, 2.75) is 77.4 Å². The summed E-state index contributed by atoms with van der Waals surface area (Å²) in [7, 11) is 0. The maximum Gasteiger partial charge on any atom is 0.249 e. The predicted molar refractivity (Wildman–Crippen MR) is 174 cm³/mol. The van der Waals surface area contributed by atoms with Gasteiger partial charge in [-0.3, -0.25) is 9.59 Å². The van der Waals surface area contributed by atoms with Crippen LogP contribution in [0, 0.1) is 27.1 Å². The Kier molecular flexibility index (Phi) is 12.6. The molecule has 2 aromatic rings. The fourth-order valence-electron chi connectivity index (χ4n) is 6.21. The highest BCUT2D eigenvalue weighted by Crippen LogP contribution is 2.36. The lowest BCUT2D eigenvalue weighted by Gasteiger charge is -2.41. The Morgan fingerprint density at radius 2 is 1.86 bits per heavy atom. The molecule has 10 heteroatoms. The van der Waals surface area contributed by atoms with E-state index in [4.69, 9.17) is 9.47 Å². The molecule has 2 aliphatic rings. The minimum absolute atomic E-state index is 0.0531. The zero-order valence-corrected chi connectivity index (χ0v) is 27.8. The van der Waals surface area contributed by atoms with Gasteiger partial charge >= 0.3 is 0 Å². The molecular formula is C34H44FIN2O6. The van der Waals surface area contributed by atoms with Gasteiger partial charge in [0.25, 0.3) is 0 Å². The molecule has 44 heavy (non-hydrogen) atoms. The molecule has 6 unspecified atom stereocenters. The topological polar surface area (TPSA) is 108 Å². The van der Waals surface area contributed by atoms with Crippen molar-refractivity contribution in [3.8, 4) is 5.75 Å². The van der Waals surface area contributed by atoms with Gasteiger partial charge in [0.15, 0.2) is 0 Å². The van der Waals surface area contributed by atoms with Gasteiger partial charge < -0.3 is 29.9 Å². The Morgan fingerprint density at radius 3 is 2.55 bits per heavy atom. The van der Waals surface area contributed by atoms with Gasteiger partial charge in [-0.05, 0) is 89.1 Å². The highest BCUT2D eigenvalue weighted by Gasteiger charge is 2.41. The number of carbonyl (C=O) groups is 2. The van der Waals surface area contributed by atoms with Crippen LogP contribution in [-0.4, -0.2) is 71.0 Å². The summed E-state index contributed by atoms with van der Waals surface area (Å²) in [6.45, 7) is 6.31. The number of ether oxygens (including phenoxy) is 2. The molecule has 2 amide bonds. The second kappa shape index (κ2) is 16.1. The standard InChI is InChI=1S/C34H44FIN2O6/c1-21(2)26-13-8-22(3)16-30(26)43-20-32(40)38(19-23-9-11-25(35)12-10-23)28-17-24(34(42)37-14-15-39)18-31(33(28)41)44-29-7-5-4-6-27(29)36/h4-7,9-12,18,21-22,26,28,30-31,33,39,41H,8,13-17,19-20H2,1-3H3,(H,37,42). The van der Waals surface area contributed by atoms with Crippen LogP contribution in [0.2, 0.25) is 0 Å². The fourth-order valence-corrected chi connectivity index (χ4v) is 6.73. The quantitative estimate of drug-likeness (QED) is 0.271. The first-order valence-electron chi connectivity index (χ1n) is 15.4. The van der Waals surface area contributed by atoms with Crippen LogP contribution in [0.1, 0.15) is 52.0 Å². The molecule has 0 aliphatic heterocycles. The van der Waals surface area contributed by atoms with Gasteiger partial charge in [0.2, 0.25) is 11.8 Å². The van der Waals surface area contributed by atoms with Crippen molar-refractivity contribution in [3.05, 3.63) is 75.1 Å². The van der Waals surface area contributed by atoms with Crippen molar-refractivity contribution in [1.29, 1.82) is 0 Å². The number of aliphatic hydroxyl groups is 2. The summed E-state index contributed by atoms with van der Waals surface area (Å²) in [4.78, 5) is 28.7. The summed E-state index contributed by atoms with van der Waals surface area (Å²) in [6, 6.07) is 12.4. The molecule has 3 N–H and O–H groups in total. The van der Waals surface area contributed by atoms with E-state index in [0.717, 1.165) is 22.8 Å². The van der Waals surface area contributed by atoms with E-state index >= 15 is 0 Å². The maximum absolute atomic E-state index is 14.0. The van der Waals surface area contributed by atoms with E-state index in [2.05, 4.69) is 48.7 Å². The third-order valence-corrected chi connectivity index (χ3v) is 9.57. The summed E-state index contributed by atoms with van der Waals surface area (Å²) in [6.07, 6.45) is 2.54. The van der Waals surface area contributed by atoms with E-state index in [1.165, 1.54) is 17.0 Å². The van der Waals surface area contributed by atoms with Gasteiger partial charge in [0.1, 0.15) is 30.4 Å². The number of halogens is 2. The van der Waals surface area contributed by atoms with Crippen molar-refractivity contribution in [2.24, 2.45) is 17.8 Å². The highest BCUT2D eigenvalue weighted by atomic mass is 127. The Balaban J connectivity index is 1.64. The summed E-state index contributed by atoms with van der Waals surface area (Å²) in [5, 5.41) is 23.7. The smallest absolute Gasteiger partial charge is 0.249 e. The molecule has 0 spiro atoms. The summed E-state index contributed by atoms with van der Waals surface area (Å²) in [5.74, 6) is 0.676. The van der Waals surface area contributed by atoms with Crippen molar-refractivity contribution in [1.82, 2.24) is 10.2 Å². The SMILES string of the molecule is CC1CCC(C(C)C)C(OCC(=O)N(Cc2ccc(F)cc2)C2CC(C(=O)NCCO)=CC(Oc3ccccc3I)C2O)C1. The third kappa shape index (κ3) is 9.02. The first kappa shape index (κ1) is 34.3. The number of carbonyl (C=O) groups excluding carboxylic acids is 2. The molecular weight excluding hydrogens is 678 g/mol. The molecule has 8 nitrogen and oxygen atoms in total. The molecule has 2 aromatic carbocycles. The number of nitrogens with zero attached hydrogens (tertiary/aromatic N) is 1. The minimum Gasteiger partial charge on any atom is -0.482 e. The van der Waals surface area contributed by atoms with E-state index in [9.17, 15) is 24.2 Å². The van der Waals surface area contributed by atoms with Crippen LogP contribution in [0.3, 0.4) is 0 Å². The Bertz CT molecular complexity index is 1290. The predicted octanol–water partition coefficient (Wildman–Crippen LogP) is 4.85. The van der Waals surface area contributed by atoms with Gasteiger partial charge in [-0.15, -0.1) is 0 Å². The van der Waals surface area contributed by atoms with E-state index in [-0.39, 0.29) is 44.7 Å². The van der Waals surface area contributed by atoms with E-state index in [1.54, 1.807) is 24.3 Å². The number of hydrogen-bond acceptors (Lipinski definition) is 6. The molecule has 1 fully saturated rings. The molecule has 0 radical (unpaired) electrons. The number of amides is 2. The minimum atomic E-state index is -1.18. The fraction of sp³-hybridized carbons (Fsp3) is 0.529. The normalized spacial score (nSPS) is 25.3. The highest BCUT2D eigenvalue weighted by molar-refractivity contribution is 14.1. The molecule has 0 heterocycles. The van der Waals surface area contributed by atoms with Crippen LogP contribution in [0.5, 0.6) is 5.75 Å². The van der Waals surface area contributed by atoms with Crippen molar-refractivity contribution >= 4 is 34.4 Å². The second-order valence-corrected chi connectivity index (χ2v) is 13.4. The monoisotopic (exact) mass is 722 g/mol. The van der Waals surface area contributed by atoms with Crippen LogP contribution < -0.4 is 10.1 Å². The molecule has 2 aliphatic carbocycles. The van der Waals surface area contributed by atoms with Gasteiger partial charge in [0.05, 0.1) is 22.3 Å². The van der Waals surface area contributed by atoms with Crippen LogP contribution in [0.4, 0.5) is 4.39 Å². The lowest BCUT2D eigenvalue weighted by atomic mass is 9.75. The first-order chi connectivity index (χ1) is 21.1. The van der Waals surface area contributed by atoms with Crippen LogP contribution in [0.15, 0.2) is 60.2 Å². The molecule has 0 bridgehead atoms. The van der Waals surface area contributed by atoms with Gasteiger partial charge in [0, 0.05) is 25.1 Å². The van der Waals surface area contributed by atoms with Crippen molar-refractivity contribution < 1.29 is 33.7 Å². The first-order valence-corrected chi connectivity index (χ1v) is 16.5. The number of benzene rings is 2. The molecule has 0 saturated heterocycles. The van der Waals surface area contributed by atoms with Crippen molar-refractivity contribution in [3.63, 3.8) is 0 Å². The Morgan fingerprint density at radius 1 is 1.14 bits per heavy atom. The van der Waals surface area contributed by atoms with E-state index in [0.29, 0.717) is 34.6 Å². The van der Waals surface area contributed by atoms with Gasteiger partial charge in [-0.1, -0.05) is 51.5 Å². The average Bonchev–Trinajstić information content (AvgIpc) is 3.00. The zero-order chi connectivity index (χ0) is 31.8. The van der Waals surface area contributed by atoms with Gasteiger partial charge in [-0.25, -0.2) is 4.39 Å². The lowest BCUT2D eigenvalue weighted by molar-refractivity contribution is -0.149. The van der Waals surface area contributed by atoms with Crippen LogP contribution in [-0.2, 0) is 20.9 Å². The maximum atomic E-state index is 14.0. The van der Waals surface area contributed by atoms with E-state index in [1.807, 2.05) is 18.2 Å². The molecule has 6 atom stereocenters. The number of aliphatic hydroxyl groups excluding tert-OH is 2. The number of nitrogens with one attached hydrogen (secondary N) is 1. The second-order valence-electron chi connectivity index (χ2n) is 12.3. The number of para-hydroxylation sites is 1. The summed E-state index contributed by atoms with van der Waals surface area (Å²) < 4.78 is 27.2. The molecule has 1 saturated carbocycles. The van der Waals surface area contributed by atoms with Crippen LogP contribution in [0.25, 0.3) is 0 Å². The van der Waals surface area contributed by atoms with Crippen molar-refractivity contribution in [2.75, 3.05) is 19.8 Å². The Hall–Kier alpha value is -2.54. The summed E-state index contributed by atoms with van der Waals surface area (Å²) in [5.41, 5.74) is 1.01. The average molecular weight is 723 g/mol. The molecule has 4 rings (SSSR count). The number of hydrogen-bond donors (Lipinski definition) is 3. The lowest BCUT2D eigenvalue weighted by Crippen LogP contribution is -2.55. The summed E-state index contributed by atoms with van der Waals surface area (Å²) >= 11 is 2.14. The third-order valence-electron chi connectivity index (χ3n) is 8.68.